The molecule has 0 bridgehead atoms. The molecule has 1 aromatic heterocycles. The Morgan fingerprint density at radius 3 is 2.36 bits per heavy atom. The van der Waals surface area contributed by atoms with Gasteiger partial charge in [0.15, 0.2) is 5.70 Å². The summed E-state index contributed by atoms with van der Waals surface area (Å²) < 4.78 is 6.87. The summed E-state index contributed by atoms with van der Waals surface area (Å²) in [4.78, 5) is 16.5. The smallest absolute Gasteiger partial charge is 0.363 e. The van der Waals surface area contributed by atoms with Crippen LogP contribution in [0.3, 0.4) is 0 Å². The molecule has 0 amide bonds. The first-order chi connectivity index (χ1) is 11.7. The average Bonchev–Trinajstić information content (AvgIpc) is 3.02. The maximum Gasteiger partial charge on any atom is 0.363 e. The minimum absolute atomic E-state index is 0.0618. The number of benzene rings is 1. The molecule has 6 heteroatoms. The van der Waals surface area contributed by atoms with E-state index in [2.05, 4.69) is 30.9 Å². The van der Waals surface area contributed by atoms with E-state index in [-0.39, 0.29) is 11.1 Å². The van der Waals surface area contributed by atoms with Crippen LogP contribution in [0.1, 0.15) is 43.2 Å². The SMILES string of the molecule is Cc1nn(C)c(Cl)c1/C=C1\N=C(c2ccc(C(C)(C)C)cc2)OC1=O. The van der Waals surface area contributed by atoms with Crippen molar-refractivity contribution in [2.45, 2.75) is 33.1 Å². The van der Waals surface area contributed by atoms with Crippen LogP contribution in [0.4, 0.5) is 0 Å². The Labute approximate surface area is 152 Å². The van der Waals surface area contributed by atoms with E-state index in [1.54, 1.807) is 17.8 Å². The van der Waals surface area contributed by atoms with Crippen molar-refractivity contribution in [3.05, 3.63) is 57.5 Å². The van der Waals surface area contributed by atoms with Crippen LogP contribution in [-0.4, -0.2) is 21.6 Å². The second-order valence-corrected chi connectivity index (χ2v) is 7.43. The number of carbonyl (C=O) groups is 1. The summed E-state index contributed by atoms with van der Waals surface area (Å²) >= 11 is 6.21. The average molecular weight is 358 g/mol. The van der Waals surface area contributed by atoms with Gasteiger partial charge in [-0.15, -0.1) is 0 Å². The van der Waals surface area contributed by atoms with Crippen molar-refractivity contribution < 1.29 is 9.53 Å². The Hall–Kier alpha value is -2.40. The van der Waals surface area contributed by atoms with Gasteiger partial charge < -0.3 is 4.74 Å². The number of ether oxygens (including phenoxy) is 1. The van der Waals surface area contributed by atoms with Gasteiger partial charge in [-0.1, -0.05) is 44.5 Å². The van der Waals surface area contributed by atoms with Gasteiger partial charge >= 0.3 is 5.97 Å². The lowest BCUT2D eigenvalue weighted by Crippen LogP contribution is -2.11. The van der Waals surface area contributed by atoms with E-state index in [4.69, 9.17) is 16.3 Å². The van der Waals surface area contributed by atoms with Gasteiger partial charge in [0.25, 0.3) is 0 Å². The Morgan fingerprint density at radius 1 is 1.20 bits per heavy atom. The topological polar surface area (TPSA) is 56.5 Å². The van der Waals surface area contributed by atoms with Crippen LogP contribution in [0.15, 0.2) is 35.0 Å². The molecular formula is C19H20ClN3O2. The third kappa shape index (κ3) is 3.37. The van der Waals surface area contributed by atoms with Gasteiger partial charge in [0.2, 0.25) is 5.90 Å². The van der Waals surface area contributed by atoms with Crippen LogP contribution >= 0.6 is 11.6 Å². The van der Waals surface area contributed by atoms with Crippen molar-refractivity contribution in [1.29, 1.82) is 0 Å². The Morgan fingerprint density at radius 2 is 1.84 bits per heavy atom. The molecule has 0 unspecified atom stereocenters. The van der Waals surface area contributed by atoms with Gasteiger partial charge in [0, 0.05) is 18.2 Å². The first-order valence-corrected chi connectivity index (χ1v) is 8.37. The molecule has 0 radical (unpaired) electrons. The maximum atomic E-state index is 12.1. The maximum absolute atomic E-state index is 12.1. The summed E-state index contributed by atoms with van der Waals surface area (Å²) in [6, 6.07) is 7.88. The number of rotatable bonds is 2. The largest absolute Gasteiger partial charge is 0.402 e. The summed E-state index contributed by atoms with van der Waals surface area (Å²) in [5.41, 5.74) is 3.64. The number of cyclic esters (lactones) is 1. The normalized spacial score (nSPS) is 16.3. The zero-order chi connectivity index (χ0) is 18.4. The molecule has 1 aromatic carbocycles. The predicted molar refractivity (Wildman–Crippen MR) is 98.7 cm³/mol. The fourth-order valence-corrected chi connectivity index (χ4v) is 2.82. The van der Waals surface area contributed by atoms with Crippen molar-refractivity contribution in [2.24, 2.45) is 12.0 Å². The highest BCUT2D eigenvalue weighted by Gasteiger charge is 2.25. The highest BCUT2D eigenvalue weighted by Crippen LogP contribution is 2.26. The van der Waals surface area contributed by atoms with Gasteiger partial charge in [-0.05, 0) is 36.1 Å². The van der Waals surface area contributed by atoms with Gasteiger partial charge in [0.1, 0.15) is 5.15 Å². The molecule has 0 saturated carbocycles. The molecule has 3 rings (SSSR count). The molecule has 0 spiro atoms. The molecule has 0 saturated heterocycles. The number of aryl methyl sites for hydroxylation is 2. The highest BCUT2D eigenvalue weighted by molar-refractivity contribution is 6.31. The number of aliphatic imine (C=N–C) groups is 1. The van der Waals surface area contributed by atoms with Crippen LogP contribution in [-0.2, 0) is 22.0 Å². The molecule has 1 aliphatic heterocycles. The Bertz CT molecular complexity index is 900. The fourth-order valence-electron chi connectivity index (χ4n) is 2.59. The highest BCUT2D eigenvalue weighted by atomic mass is 35.5. The van der Waals surface area contributed by atoms with Crippen molar-refractivity contribution in [2.75, 3.05) is 0 Å². The molecule has 2 aromatic rings. The lowest BCUT2D eigenvalue weighted by molar-refractivity contribution is -0.129. The fraction of sp³-hybridized carbons (Fsp3) is 0.316. The second kappa shape index (κ2) is 6.15. The number of esters is 1. The number of hydrogen-bond acceptors (Lipinski definition) is 4. The van der Waals surface area contributed by atoms with E-state index in [1.807, 2.05) is 31.2 Å². The van der Waals surface area contributed by atoms with Crippen molar-refractivity contribution in [3.8, 4) is 0 Å². The van der Waals surface area contributed by atoms with Crippen LogP contribution < -0.4 is 0 Å². The van der Waals surface area contributed by atoms with E-state index >= 15 is 0 Å². The monoisotopic (exact) mass is 357 g/mol. The van der Waals surface area contributed by atoms with E-state index in [9.17, 15) is 4.79 Å². The van der Waals surface area contributed by atoms with Gasteiger partial charge in [0.05, 0.1) is 5.69 Å². The summed E-state index contributed by atoms with van der Waals surface area (Å²) in [6.45, 7) is 8.27. The standard InChI is InChI=1S/C19H20ClN3O2/c1-11-14(16(20)23(5)22-11)10-15-18(24)25-17(21-15)12-6-8-13(9-7-12)19(2,3)4/h6-10H,1-5H3/b15-10-. The molecule has 1 aliphatic rings. The van der Waals surface area contributed by atoms with E-state index in [1.165, 1.54) is 5.56 Å². The second-order valence-electron chi connectivity index (χ2n) is 7.08. The van der Waals surface area contributed by atoms with Crippen LogP contribution in [0.25, 0.3) is 6.08 Å². The van der Waals surface area contributed by atoms with Gasteiger partial charge in [-0.3, -0.25) is 4.68 Å². The minimum atomic E-state index is -0.491. The summed E-state index contributed by atoms with van der Waals surface area (Å²) in [5, 5.41) is 4.68. The molecule has 0 fully saturated rings. The number of hydrogen-bond donors (Lipinski definition) is 0. The third-order valence-electron chi connectivity index (χ3n) is 4.10. The molecule has 0 atom stereocenters. The van der Waals surface area contributed by atoms with Crippen molar-refractivity contribution in [3.63, 3.8) is 0 Å². The van der Waals surface area contributed by atoms with Crippen molar-refractivity contribution in [1.82, 2.24) is 9.78 Å². The zero-order valence-electron chi connectivity index (χ0n) is 14.9. The molecule has 25 heavy (non-hydrogen) atoms. The van der Waals surface area contributed by atoms with Crippen LogP contribution in [0.5, 0.6) is 0 Å². The minimum Gasteiger partial charge on any atom is -0.402 e. The first-order valence-electron chi connectivity index (χ1n) is 7.99. The quantitative estimate of drug-likeness (QED) is 0.602. The van der Waals surface area contributed by atoms with Crippen molar-refractivity contribution >= 4 is 29.5 Å². The molecule has 5 nitrogen and oxygen atoms in total. The number of carbonyl (C=O) groups excluding carboxylic acids is 1. The lowest BCUT2D eigenvalue weighted by Gasteiger charge is -2.18. The van der Waals surface area contributed by atoms with E-state index < -0.39 is 5.97 Å². The van der Waals surface area contributed by atoms with Crippen LogP contribution in [0, 0.1) is 6.92 Å². The summed E-state index contributed by atoms with van der Waals surface area (Å²) in [6.07, 6.45) is 1.61. The summed E-state index contributed by atoms with van der Waals surface area (Å²) in [5.74, 6) is -0.191. The van der Waals surface area contributed by atoms with Gasteiger partial charge in [-0.25, -0.2) is 9.79 Å². The molecule has 130 valence electrons. The zero-order valence-corrected chi connectivity index (χ0v) is 15.7. The summed E-state index contributed by atoms with van der Waals surface area (Å²) in [7, 11) is 1.75. The number of nitrogens with zero attached hydrogens (tertiary/aromatic N) is 3. The van der Waals surface area contributed by atoms with E-state index in [0.29, 0.717) is 16.6 Å². The Kier molecular flexibility index (Phi) is 4.29. The predicted octanol–water partition coefficient (Wildman–Crippen LogP) is 4.02. The van der Waals surface area contributed by atoms with Gasteiger partial charge in [-0.2, -0.15) is 5.10 Å². The molecule has 2 heterocycles. The van der Waals surface area contributed by atoms with Crippen LogP contribution in [0.2, 0.25) is 5.15 Å². The molecule has 0 N–H and O–H groups in total. The lowest BCUT2D eigenvalue weighted by atomic mass is 9.87. The Balaban J connectivity index is 1.94. The molecule has 0 aliphatic carbocycles. The molecular weight excluding hydrogens is 338 g/mol. The first kappa shape index (κ1) is 17.4. The number of aromatic nitrogens is 2. The number of halogens is 1. The van der Waals surface area contributed by atoms with E-state index in [0.717, 1.165) is 11.3 Å². The third-order valence-corrected chi connectivity index (χ3v) is 4.54.